The predicted molar refractivity (Wildman–Crippen MR) is 73.5 cm³/mol. The molecule has 0 aliphatic heterocycles. The van der Waals surface area contributed by atoms with E-state index < -0.39 is 8.32 Å². The van der Waals surface area contributed by atoms with E-state index in [2.05, 4.69) is 45.2 Å². The minimum absolute atomic E-state index is 0. The number of halogens is 2. The van der Waals surface area contributed by atoms with Gasteiger partial charge in [0.25, 0.3) is 0 Å². The van der Waals surface area contributed by atoms with E-state index >= 15 is 0 Å². The quantitative estimate of drug-likeness (QED) is 0.559. The third-order valence-corrected chi connectivity index (χ3v) is 4.28. The van der Waals surface area contributed by atoms with Crippen LogP contribution in [0.2, 0.25) is 19.1 Å². The molecule has 0 bridgehead atoms. The summed E-state index contributed by atoms with van der Waals surface area (Å²) in [6.45, 7) is 8.76. The summed E-state index contributed by atoms with van der Waals surface area (Å²) in [5, 5.41) is 0. The molecule has 5 heteroatoms. The fourth-order valence-electron chi connectivity index (χ4n) is 1.71. The molecule has 94 valence electrons. The molecule has 0 spiro atoms. The van der Waals surface area contributed by atoms with E-state index in [4.69, 9.17) is 4.43 Å². The van der Waals surface area contributed by atoms with Crippen molar-refractivity contribution in [3.8, 4) is 0 Å². The third-order valence-electron chi connectivity index (χ3n) is 1.94. The Hall–Kier alpha value is 0.951. The van der Waals surface area contributed by atoms with Crippen molar-refractivity contribution in [1.82, 2.24) is 0 Å². The fourth-order valence-corrected chi connectivity index (χ4v) is 4.23. The normalized spacial score (nSPS) is 13.7. The summed E-state index contributed by atoms with van der Waals surface area (Å²) >= 11 is 0. The SMILES string of the molecule is CC(C)O[Si](C)(C)CC1=[C-]CC=C1.Cl.Cl.[Ti]. The second-order valence-electron chi connectivity index (χ2n) is 4.41. The van der Waals surface area contributed by atoms with Crippen LogP contribution in [0.3, 0.4) is 0 Å². The van der Waals surface area contributed by atoms with Gasteiger partial charge in [0.2, 0.25) is 0 Å². The van der Waals surface area contributed by atoms with Crippen LogP contribution in [0.15, 0.2) is 17.7 Å². The minimum Gasteiger partial charge on any atom is -0.415 e. The zero-order chi connectivity index (χ0) is 9.90. The van der Waals surface area contributed by atoms with Gasteiger partial charge in [-0.05, 0) is 33.0 Å². The molecular formula is C11H21Cl2OSiTi-. The van der Waals surface area contributed by atoms with Crippen LogP contribution in [-0.4, -0.2) is 14.4 Å². The topological polar surface area (TPSA) is 9.23 Å². The summed E-state index contributed by atoms with van der Waals surface area (Å²) in [5.74, 6) is 0. The van der Waals surface area contributed by atoms with Gasteiger partial charge in [0.15, 0.2) is 8.32 Å². The fraction of sp³-hybridized carbons (Fsp3) is 0.636. The van der Waals surface area contributed by atoms with Crippen molar-refractivity contribution in [2.45, 2.75) is 45.5 Å². The Kier molecular flexibility index (Phi) is 13.8. The van der Waals surface area contributed by atoms with Gasteiger partial charge in [0.05, 0.1) is 0 Å². The van der Waals surface area contributed by atoms with Gasteiger partial charge in [-0.2, -0.15) is 6.08 Å². The molecule has 0 radical (unpaired) electrons. The van der Waals surface area contributed by atoms with Crippen molar-refractivity contribution >= 4 is 33.1 Å². The van der Waals surface area contributed by atoms with Crippen molar-refractivity contribution in [3.05, 3.63) is 23.8 Å². The number of rotatable bonds is 4. The molecule has 0 N–H and O–H groups in total. The van der Waals surface area contributed by atoms with Crippen LogP contribution < -0.4 is 0 Å². The smallest absolute Gasteiger partial charge is 0.188 e. The van der Waals surface area contributed by atoms with Crippen LogP contribution in [0, 0.1) is 6.08 Å². The van der Waals surface area contributed by atoms with Gasteiger partial charge in [-0.25, -0.2) is 11.6 Å². The predicted octanol–water partition coefficient (Wildman–Crippen LogP) is 4.15. The molecule has 0 saturated carbocycles. The van der Waals surface area contributed by atoms with E-state index in [1.807, 2.05) is 0 Å². The summed E-state index contributed by atoms with van der Waals surface area (Å²) < 4.78 is 5.94. The molecule has 0 fully saturated rings. The maximum atomic E-state index is 5.94. The van der Waals surface area contributed by atoms with Crippen molar-refractivity contribution in [1.29, 1.82) is 0 Å². The Bertz CT molecular complexity index is 240. The summed E-state index contributed by atoms with van der Waals surface area (Å²) in [4.78, 5) is 0. The molecule has 0 saturated heterocycles. The van der Waals surface area contributed by atoms with Gasteiger partial charge in [0.1, 0.15) is 0 Å². The van der Waals surface area contributed by atoms with Gasteiger partial charge >= 0.3 is 0 Å². The van der Waals surface area contributed by atoms with Crippen LogP contribution in [0.1, 0.15) is 20.3 Å². The van der Waals surface area contributed by atoms with Gasteiger partial charge in [-0.15, -0.1) is 31.2 Å². The molecule has 1 aliphatic carbocycles. The van der Waals surface area contributed by atoms with E-state index in [0.29, 0.717) is 6.10 Å². The summed E-state index contributed by atoms with van der Waals surface area (Å²) in [7, 11) is -1.48. The van der Waals surface area contributed by atoms with Gasteiger partial charge in [0, 0.05) is 27.8 Å². The molecule has 1 aliphatic rings. The van der Waals surface area contributed by atoms with E-state index in [0.717, 1.165) is 12.5 Å². The Morgan fingerprint density at radius 1 is 1.38 bits per heavy atom. The molecule has 0 heterocycles. The first-order valence-corrected chi connectivity index (χ1v) is 8.05. The van der Waals surface area contributed by atoms with E-state index in [-0.39, 0.29) is 46.5 Å². The molecule has 16 heavy (non-hydrogen) atoms. The molecular weight excluding hydrogens is 295 g/mol. The Morgan fingerprint density at radius 3 is 2.31 bits per heavy atom. The molecule has 0 aromatic heterocycles. The van der Waals surface area contributed by atoms with Crippen LogP contribution in [-0.2, 0) is 26.1 Å². The zero-order valence-electron chi connectivity index (χ0n) is 10.4. The third kappa shape index (κ3) is 9.03. The van der Waals surface area contributed by atoms with Crippen LogP contribution >= 0.6 is 24.8 Å². The van der Waals surface area contributed by atoms with E-state index in [9.17, 15) is 0 Å². The zero-order valence-corrected chi connectivity index (χ0v) is 14.6. The first kappa shape index (κ1) is 22.2. The van der Waals surface area contributed by atoms with Gasteiger partial charge in [-0.3, -0.25) is 6.08 Å². The standard InChI is InChI=1S/C11H19OSi.2ClH.Ti/c1-10(2)12-13(3,4)9-11-7-5-6-8-11;;;/h5,7,10H,6,9H2,1-4H3;2*1H;/q-1;;;. The molecule has 0 atom stereocenters. The summed E-state index contributed by atoms with van der Waals surface area (Å²) in [5.41, 5.74) is 1.34. The van der Waals surface area contributed by atoms with Crippen molar-refractivity contribution < 1.29 is 26.1 Å². The molecule has 1 rings (SSSR count). The molecule has 0 unspecified atom stereocenters. The van der Waals surface area contributed by atoms with Crippen LogP contribution in [0.25, 0.3) is 0 Å². The number of hydrogen-bond acceptors (Lipinski definition) is 1. The first-order chi connectivity index (χ1) is 5.99. The maximum Gasteiger partial charge on any atom is 0.188 e. The van der Waals surface area contributed by atoms with E-state index in [1.165, 1.54) is 5.57 Å². The average molecular weight is 316 g/mol. The van der Waals surface area contributed by atoms with Crippen molar-refractivity contribution in [3.63, 3.8) is 0 Å². The second-order valence-corrected chi connectivity index (χ2v) is 8.52. The molecule has 0 aromatic rings. The molecule has 0 aromatic carbocycles. The van der Waals surface area contributed by atoms with E-state index in [1.54, 1.807) is 0 Å². The van der Waals surface area contributed by atoms with Crippen LogP contribution in [0.4, 0.5) is 0 Å². The molecule has 0 amide bonds. The Morgan fingerprint density at radius 2 is 1.94 bits per heavy atom. The number of hydrogen-bond donors (Lipinski definition) is 0. The minimum atomic E-state index is -1.48. The van der Waals surface area contributed by atoms with Crippen molar-refractivity contribution in [2.75, 3.05) is 0 Å². The van der Waals surface area contributed by atoms with Crippen LogP contribution in [0.5, 0.6) is 0 Å². The summed E-state index contributed by atoms with van der Waals surface area (Å²) in [6.07, 6.45) is 9.03. The van der Waals surface area contributed by atoms with Crippen molar-refractivity contribution in [2.24, 2.45) is 0 Å². The maximum absolute atomic E-state index is 5.94. The average Bonchev–Trinajstić information content (AvgIpc) is 2.34. The Labute approximate surface area is 128 Å². The first-order valence-electron chi connectivity index (χ1n) is 4.94. The Balaban J connectivity index is -0.000000563. The largest absolute Gasteiger partial charge is 0.415 e. The second kappa shape index (κ2) is 9.93. The summed E-state index contributed by atoms with van der Waals surface area (Å²) in [6, 6.07) is 1.10. The van der Waals surface area contributed by atoms with Gasteiger partial charge < -0.3 is 4.43 Å². The number of allylic oxidation sites excluding steroid dienone is 4. The van der Waals surface area contributed by atoms with Gasteiger partial charge in [-0.1, -0.05) is 0 Å². The monoisotopic (exact) mass is 315 g/mol. The molecule has 1 nitrogen and oxygen atoms in total.